The molecular weight excluding hydrogens is 287 g/mol. The van der Waals surface area contributed by atoms with Gasteiger partial charge in [-0.1, -0.05) is 6.92 Å². The monoisotopic (exact) mass is 301 g/mol. The fourth-order valence-electron chi connectivity index (χ4n) is 2.87. The van der Waals surface area contributed by atoms with Gasteiger partial charge in [-0.15, -0.1) is 0 Å². The van der Waals surface area contributed by atoms with Crippen LogP contribution in [0.3, 0.4) is 0 Å². The van der Waals surface area contributed by atoms with Crippen molar-refractivity contribution in [3.05, 3.63) is 29.6 Å². The van der Waals surface area contributed by atoms with Crippen LogP contribution in [0.15, 0.2) is 12.1 Å². The minimum atomic E-state index is -1.63. The summed E-state index contributed by atoms with van der Waals surface area (Å²) in [5.74, 6) is -7.26. The summed E-state index contributed by atoms with van der Waals surface area (Å²) in [6, 6.07) is 0.603. The van der Waals surface area contributed by atoms with E-state index in [1.54, 1.807) is 6.92 Å². The predicted octanol–water partition coefficient (Wildman–Crippen LogP) is 2.57. The van der Waals surface area contributed by atoms with Crippen molar-refractivity contribution < 1.29 is 27.9 Å². The summed E-state index contributed by atoms with van der Waals surface area (Å²) >= 11 is 0. The van der Waals surface area contributed by atoms with E-state index in [0.29, 0.717) is 12.1 Å². The Hall–Kier alpha value is -2.05. The Kier molecular flexibility index (Phi) is 3.93. The molecule has 0 spiro atoms. The Morgan fingerprint density at radius 2 is 1.76 bits per heavy atom. The number of aliphatic carboxylic acids is 1. The maximum absolute atomic E-state index is 13.3. The number of piperidine rings is 1. The molecule has 2 rings (SSSR count). The molecule has 7 heteroatoms. The number of hydrogen-bond donors (Lipinski definition) is 1. The highest BCUT2D eigenvalue weighted by molar-refractivity contribution is 5.96. The first-order valence-electron chi connectivity index (χ1n) is 6.43. The van der Waals surface area contributed by atoms with Crippen LogP contribution in [-0.2, 0) is 9.59 Å². The van der Waals surface area contributed by atoms with Crippen molar-refractivity contribution in [1.82, 2.24) is 0 Å². The maximum atomic E-state index is 13.3. The van der Waals surface area contributed by atoms with Crippen molar-refractivity contribution in [1.29, 1.82) is 0 Å². The predicted molar refractivity (Wildman–Crippen MR) is 68.2 cm³/mol. The molecule has 1 aliphatic heterocycles. The lowest BCUT2D eigenvalue weighted by Crippen LogP contribution is -2.53. The normalized spacial score (nSPS) is 26.0. The maximum Gasteiger partial charge on any atom is 0.308 e. The van der Waals surface area contributed by atoms with Gasteiger partial charge in [0, 0.05) is 30.3 Å². The summed E-state index contributed by atoms with van der Waals surface area (Å²) in [5, 5.41) is 9.24. The Balaban J connectivity index is 2.46. The smallest absolute Gasteiger partial charge is 0.308 e. The van der Waals surface area contributed by atoms with E-state index < -0.39 is 47.2 Å². The molecule has 1 amide bonds. The van der Waals surface area contributed by atoms with Crippen LogP contribution in [0.1, 0.15) is 20.3 Å². The van der Waals surface area contributed by atoms with Crippen LogP contribution in [0.2, 0.25) is 0 Å². The van der Waals surface area contributed by atoms with Crippen LogP contribution >= 0.6 is 0 Å². The van der Waals surface area contributed by atoms with Gasteiger partial charge < -0.3 is 10.0 Å². The second kappa shape index (κ2) is 5.38. The van der Waals surface area contributed by atoms with Crippen LogP contribution < -0.4 is 4.90 Å². The van der Waals surface area contributed by atoms with Gasteiger partial charge in [-0.05, 0) is 12.8 Å². The molecule has 1 heterocycles. The lowest BCUT2D eigenvalue weighted by Gasteiger charge is -2.40. The summed E-state index contributed by atoms with van der Waals surface area (Å²) in [4.78, 5) is 24.4. The number of carboxylic acids is 1. The number of carbonyl (C=O) groups excluding carboxylic acids is 1. The molecule has 1 aromatic carbocycles. The van der Waals surface area contributed by atoms with Gasteiger partial charge in [-0.3, -0.25) is 9.59 Å². The summed E-state index contributed by atoms with van der Waals surface area (Å²) in [7, 11) is 0. The Morgan fingerprint density at radius 3 is 2.24 bits per heavy atom. The average Bonchev–Trinajstić information content (AvgIpc) is 2.34. The first kappa shape index (κ1) is 15.3. The molecule has 1 aromatic rings. The number of carboxylic acid groups (broad SMARTS) is 1. The molecule has 3 unspecified atom stereocenters. The van der Waals surface area contributed by atoms with Crippen molar-refractivity contribution in [2.45, 2.75) is 26.3 Å². The highest BCUT2D eigenvalue weighted by atomic mass is 19.2. The molecular formula is C14H14F3NO3. The minimum Gasteiger partial charge on any atom is -0.481 e. The highest BCUT2D eigenvalue weighted by Crippen LogP contribution is 2.34. The summed E-state index contributed by atoms with van der Waals surface area (Å²) in [6.45, 7) is 3.13. The molecule has 1 N–H and O–H groups in total. The van der Waals surface area contributed by atoms with E-state index in [0.717, 1.165) is 4.90 Å². The first-order chi connectivity index (χ1) is 9.73. The quantitative estimate of drug-likeness (QED) is 0.854. The third kappa shape index (κ3) is 2.59. The van der Waals surface area contributed by atoms with Crippen molar-refractivity contribution in [3.63, 3.8) is 0 Å². The zero-order valence-corrected chi connectivity index (χ0v) is 11.4. The first-order valence-corrected chi connectivity index (χ1v) is 6.43. The number of anilines is 1. The number of rotatable bonds is 2. The van der Waals surface area contributed by atoms with Gasteiger partial charge >= 0.3 is 5.97 Å². The molecule has 0 aliphatic carbocycles. The van der Waals surface area contributed by atoms with Gasteiger partial charge in [0.15, 0.2) is 17.5 Å². The molecule has 114 valence electrons. The second-order valence-electron chi connectivity index (χ2n) is 5.27. The van der Waals surface area contributed by atoms with Crippen LogP contribution in [0.25, 0.3) is 0 Å². The van der Waals surface area contributed by atoms with E-state index in [9.17, 15) is 27.9 Å². The standard InChI is InChI=1S/C14H14F3NO3/c1-6-3-11(19)18(7(2)12(6)14(20)21)8-4-9(15)13(17)10(16)5-8/h4-7,12H,3H2,1-2H3,(H,20,21). The molecule has 0 aromatic heterocycles. The van der Waals surface area contributed by atoms with Crippen molar-refractivity contribution in [2.75, 3.05) is 4.90 Å². The molecule has 0 radical (unpaired) electrons. The van der Waals surface area contributed by atoms with Crippen LogP contribution in [0.4, 0.5) is 18.9 Å². The van der Waals surface area contributed by atoms with Crippen LogP contribution in [-0.4, -0.2) is 23.0 Å². The molecule has 1 aliphatic rings. The van der Waals surface area contributed by atoms with E-state index in [-0.39, 0.29) is 12.1 Å². The van der Waals surface area contributed by atoms with Gasteiger partial charge in [-0.25, -0.2) is 13.2 Å². The molecule has 1 fully saturated rings. The lowest BCUT2D eigenvalue weighted by atomic mass is 9.80. The summed E-state index contributed by atoms with van der Waals surface area (Å²) in [6.07, 6.45) is -0.0536. The van der Waals surface area contributed by atoms with E-state index in [4.69, 9.17) is 0 Å². The van der Waals surface area contributed by atoms with E-state index in [1.165, 1.54) is 6.92 Å². The third-order valence-electron chi connectivity index (χ3n) is 3.84. The number of carbonyl (C=O) groups is 2. The van der Waals surface area contributed by atoms with E-state index in [2.05, 4.69) is 0 Å². The van der Waals surface area contributed by atoms with Crippen molar-refractivity contribution in [3.8, 4) is 0 Å². The number of nitrogens with zero attached hydrogens (tertiary/aromatic N) is 1. The number of benzene rings is 1. The largest absolute Gasteiger partial charge is 0.481 e. The van der Waals surface area contributed by atoms with E-state index in [1.807, 2.05) is 0 Å². The van der Waals surface area contributed by atoms with Crippen molar-refractivity contribution >= 4 is 17.6 Å². The Labute approximate surface area is 119 Å². The Bertz CT molecular complexity index is 582. The zero-order valence-electron chi connectivity index (χ0n) is 11.4. The molecule has 21 heavy (non-hydrogen) atoms. The fourth-order valence-corrected chi connectivity index (χ4v) is 2.87. The fraction of sp³-hybridized carbons (Fsp3) is 0.429. The lowest BCUT2D eigenvalue weighted by molar-refractivity contribution is -0.146. The minimum absolute atomic E-state index is 0.0536. The van der Waals surface area contributed by atoms with Crippen LogP contribution in [0.5, 0.6) is 0 Å². The topological polar surface area (TPSA) is 57.6 Å². The van der Waals surface area contributed by atoms with Gasteiger partial charge in [0.2, 0.25) is 5.91 Å². The van der Waals surface area contributed by atoms with Gasteiger partial charge in [0.1, 0.15) is 0 Å². The van der Waals surface area contributed by atoms with Gasteiger partial charge in [-0.2, -0.15) is 0 Å². The molecule has 0 saturated carbocycles. The van der Waals surface area contributed by atoms with Gasteiger partial charge in [0.25, 0.3) is 0 Å². The van der Waals surface area contributed by atoms with Crippen molar-refractivity contribution in [2.24, 2.45) is 11.8 Å². The van der Waals surface area contributed by atoms with Gasteiger partial charge in [0.05, 0.1) is 5.92 Å². The van der Waals surface area contributed by atoms with E-state index >= 15 is 0 Å². The zero-order chi connectivity index (χ0) is 15.9. The second-order valence-corrected chi connectivity index (χ2v) is 5.27. The molecule has 0 bridgehead atoms. The summed E-state index contributed by atoms with van der Waals surface area (Å²) in [5.41, 5.74) is -0.179. The number of hydrogen-bond acceptors (Lipinski definition) is 2. The average molecular weight is 301 g/mol. The van der Waals surface area contributed by atoms with Crippen LogP contribution in [0, 0.1) is 29.3 Å². The number of amides is 1. The summed E-state index contributed by atoms with van der Waals surface area (Å²) < 4.78 is 39.6. The Morgan fingerprint density at radius 1 is 1.24 bits per heavy atom. The molecule has 1 saturated heterocycles. The number of halogens is 3. The molecule has 4 nitrogen and oxygen atoms in total. The highest BCUT2D eigenvalue weighted by Gasteiger charge is 2.42. The third-order valence-corrected chi connectivity index (χ3v) is 3.84. The molecule has 3 atom stereocenters. The SMILES string of the molecule is CC1CC(=O)N(c2cc(F)c(F)c(F)c2)C(C)C1C(=O)O.